The SMILES string of the molecule is CC1CC[NH+](Cc2nc(N3CCCC3)c3c4c(sc3n2)CCC4)CC1. The molecule has 2 aromatic rings. The summed E-state index contributed by atoms with van der Waals surface area (Å²) >= 11 is 1.95. The standard InChI is InChI=1S/C20H28N4S/c1-14-7-11-23(12-8-14)13-17-21-19(24-9-2-3-10-24)18-15-5-4-6-16(15)25-20(18)22-17/h14H,2-13H2,1H3/p+1. The molecule has 0 atom stereocenters. The van der Waals surface area contributed by atoms with Crippen molar-refractivity contribution in [2.24, 2.45) is 5.92 Å². The highest BCUT2D eigenvalue weighted by Crippen LogP contribution is 2.41. The van der Waals surface area contributed by atoms with E-state index in [1.165, 1.54) is 87.2 Å². The largest absolute Gasteiger partial charge is 0.356 e. The van der Waals surface area contributed by atoms with E-state index in [2.05, 4.69) is 11.8 Å². The molecule has 134 valence electrons. The van der Waals surface area contributed by atoms with Crippen LogP contribution in [0.2, 0.25) is 0 Å². The second-order valence-corrected chi connectivity index (χ2v) is 9.39. The summed E-state index contributed by atoms with van der Waals surface area (Å²) in [4.78, 5) is 17.2. The van der Waals surface area contributed by atoms with Gasteiger partial charge in [0.1, 0.15) is 17.2 Å². The Morgan fingerprint density at radius 2 is 1.88 bits per heavy atom. The highest BCUT2D eigenvalue weighted by Gasteiger charge is 2.27. The van der Waals surface area contributed by atoms with Crippen molar-refractivity contribution in [1.29, 1.82) is 0 Å². The van der Waals surface area contributed by atoms with E-state index in [0.717, 1.165) is 18.3 Å². The van der Waals surface area contributed by atoms with Crippen LogP contribution in [0.3, 0.4) is 0 Å². The maximum Gasteiger partial charge on any atom is 0.187 e. The third-order valence-electron chi connectivity index (χ3n) is 6.39. The number of quaternary nitrogens is 1. The summed E-state index contributed by atoms with van der Waals surface area (Å²) in [5, 5.41) is 1.41. The first-order valence-corrected chi connectivity index (χ1v) is 11.0. The van der Waals surface area contributed by atoms with Gasteiger partial charge in [-0.15, -0.1) is 11.3 Å². The van der Waals surface area contributed by atoms with Gasteiger partial charge in [-0.05, 0) is 56.4 Å². The minimum Gasteiger partial charge on any atom is -0.356 e. The van der Waals surface area contributed by atoms with Crippen LogP contribution in [0.15, 0.2) is 0 Å². The Hall–Kier alpha value is -1.20. The van der Waals surface area contributed by atoms with Crippen LogP contribution in [0, 0.1) is 5.92 Å². The van der Waals surface area contributed by atoms with E-state index in [9.17, 15) is 0 Å². The Bertz CT molecular complexity index is 770. The Morgan fingerprint density at radius 1 is 1.08 bits per heavy atom. The van der Waals surface area contributed by atoms with E-state index in [0.29, 0.717) is 0 Å². The molecule has 4 nitrogen and oxygen atoms in total. The van der Waals surface area contributed by atoms with Crippen molar-refractivity contribution in [3.8, 4) is 0 Å². The summed E-state index contributed by atoms with van der Waals surface area (Å²) in [6.07, 6.45) is 9.11. The van der Waals surface area contributed by atoms with Crippen molar-refractivity contribution in [1.82, 2.24) is 9.97 Å². The number of nitrogens with one attached hydrogen (secondary N) is 1. The van der Waals surface area contributed by atoms with Gasteiger partial charge in [0, 0.05) is 18.0 Å². The molecule has 0 saturated carbocycles. The van der Waals surface area contributed by atoms with Gasteiger partial charge < -0.3 is 9.80 Å². The van der Waals surface area contributed by atoms with Gasteiger partial charge in [0.05, 0.1) is 18.5 Å². The maximum absolute atomic E-state index is 5.15. The summed E-state index contributed by atoms with van der Waals surface area (Å²) in [5.74, 6) is 3.24. The smallest absolute Gasteiger partial charge is 0.187 e. The van der Waals surface area contributed by atoms with Crippen LogP contribution >= 0.6 is 11.3 Å². The van der Waals surface area contributed by atoms with Crippen molar-refractivity contribution in [2.75, 3.05) is 31.1 Å². The third-order valence-corrected chi connectivity index (χ3v) is 7.57. The lowest BCUT2D eigenvalue weighted by molar-refractivity contribution is -0.920. The number of aromatic nitrogens is 2. The number of hydrogen-bond acceptors (Lipinski definition) is 4. The molecular formula is C20H29N4S+. The molecule has 1 N–H and O–H groups in total. The molecule has 25 heavy (non-hydrogen) atoms. The Labute approximate surface area is 154 Å². The van der Waals surface area contributed by atoms with Crippen LogP contribution in [0.1, 0.15) is 55.3 Å². The van der Waals surface area contributed by atoms with Gasteiger partial charge >= 0.3 is 0 Å². The molecule has 0 aromatic carbocycles. The number of piperidine rings is 1. The fourth-order valence-corrected chi connectivity index (χ4v) is 6.10. The molecule has 2 aromatic heterocycles. The Morgan fingerprint density at radius 3 is 2.68 bits per heavy atom. The Balaban J connectivity index is 1.51. The van der Waals surface area contributed by atoms with E-state index >= 15 is 0 Å². The average Bonchev–Trinajstić information content (AvgIpc) is 3.32. The number of fused-ring (bicyclic) bond motifs is 3. The summed E-state index contributed by atoms with van der Waals surface area (Å²) in [6, 6.07) is 0. The molecule has 2 fully saturated rings. The monoisotopic (exact) mass is 357 g/mol. The van der Waals surface area contributed by atoms with Crippen LogP contribution in [0.25, 0.3) is 10.2 Å². The fraction of sp³-hybridized carbons (Fsp3) is 0.700. The van der Waals surface area contributed by atoms with E-state index in [-0.39, 0.29) is 0 Å². The van der Waals surface area contributed by atoms with Crippen LogP contribution < -0.4 is 9.80 Å². The lowest BCUT2D eigenvalue weighted by Gasteiger charge is -2.27. The van der Waals surface area contributed by atoms with Crippen molar-refractivity contribution >= 4 is 27.4 Å². The van der Waals surface area contributed by atoms with Crippen LogP contribution in [-0.4, -0.2) is 36.1 Å². The maximum atomic E-state index is 5.15. The topological polar surface area (TPSA) is 33.5 Å². The molecular weight excluding hydrogens is 328 g/mol. The molecule has 1 aliphatic carbocycles. The predicted octanol–water partition coefficient (Wildman–Crippen LogP) is 2.60. The van der Waals surface area contributed by atoms with Gasteiger partial charge in [-0.3, -0.25) is 0 Å². The molecule has 0 amide bonds. The first kappa shape index (κ1) is 16.0. The van der Waals surface area contributed by atoms with Crippen molar-refractivity contribution in [3.05, 3.63) is 16.3 Å². The molecule has 2 aliphatic heterocycles. The quantitative estimate of drug-likeness (QED) is 0.917. The van der Waals surface area contributed by atoms with Gasteiger partial charge in [0.2, 0.25) is 0 Å². The van der Waals surface area contributed by atoms with Crippen molar-refractivity contribution in [3.63, 3.8) is 0 Å². The van der Waals surface area contributed by atoms with E-state index in [1.807, 2.05) is 11.3 Å². The lowest BCUT2D eigenvalue weighted by Crippen LogP contribution is -3.11. The zero-order chi connectivity index (χ0) is 16.8. The van der Waals surface area contributed by atoms with Crippen molar-refractivity contribution in [2.45, 2.75) is 58.4 Å². The fourth-order valence-electron chi connectivity index (χ4n) is 4.83. The minimum absolute atomic E-state index is 0.896. The second-order valence-electron chi connectivity index (χ2n) is 8.30. The third kappa shape index (κ3) is 2.95. The average molecular weight is 358 g/mol. The number of aryl methyl sites for hydroxylation is 2. The van der Waals surface area contributed by atoms with Gasteiger partial charge in [0.15, 0.2) is 5.82 Å². The first-order valence-electron chi connectivity index (χ1n) is 10.2. The molecule has 0 radical (unpaired) electrons. The molecule has 2 saturated heterocycles. The summed E-state index contributed by atoms with van der Waals surface area (Å²) in [6.45, 7) is 8.30. The summed E-state index contributed by atoms with van der Waals surface area (Å²) in [7, 11) is 0. The lowest BCUT2D eigenvalue weighted by atomic mass is 9.99. The second kappa shape index (κ2) is 6.51. The van der Waals surface area contributed by atoms with Gasteiger partial charge in [-0.2, -0.15) is 0 Å². The number of hydrogen-bond donors (Lipinski definition) is 1. The zero-order valence-electron chi connectivity index (χ0n) is 15.3. The number of anilines is 1. The predicted molar refractivity (Wildman–Crippen MR) is 104 cm³/mol. The normalized spacial score (nSPS) is 26.5. The van der Waals surface area contributed by atoms with Crippen LogP contribution in [0.5, 0.6) is 0 Å². The Kier molecular flexibility index (Phi) is 4.17. The number of nitrogens with zero attached hydrogens (tertiary/aromatic N) is 3. The van der Waals surface area contributed by atoms with Crippen LogP contribution in [0.4, 0.5) is 5.82 Å². The highest BCUT2D eigenvalue weighted by molar-refractivity contribution is 7.19. The molecule has 0 spiro atoms. The summed E-state index contributed by atoms with van der Waals surface area (Å²) < 4.78 is 0. The highest BCUT2D eigenvalue weighted by atomic mass is 32.1. The number of likely N-dealkylation sites (tertiary alicyclic amines) is 1. The van der Waals surface area contributed by atoms with Crippen molar-refractivity contribution < 1.29 is 4.90 Å². The van der Waals surface area contributed by atoms with E-state index < -0.39 is 0 Å². The summed E-state index contributed by atoms with van der Waals surface area (Å²) in [5.41, 5.74) is 1.58. The molecule has 5 rings (SSSR count). The number of thiophene rings is 1. The van der Waals surface area contributed by atoms with E-state index in [4.69, 9.17) is 9.97 Å². The van der Waals surface area contributed by atoms with E-state index in [1.54, 1.807) is 15.3 Å². The minimum atomic E-state index is 0.896. The molecule has 3 aliphatic rings. The van der Waals surface area contributed by atoms with Gasteiger partial charge in [-0.1, -0.05) is 6.92 Å². The van der Waals surface area contributed by atoms with Crippen LogP contribution in [-0.2, 0) is 19.4 Å². The molecule has 0 unspecified atom stereocenters. The number of rotatable bonds is 3. The molecule has 4 heterocycles. The molecule has 5 heteroatoms. The zero-order valence-corrected chi connectivity index (χ0v) is 16.1. The molecule has 0 bridgehead atoms. The first-order chi connectivity index (χ1) is 12.3. The van der Waals surface area contributed by atoms with Gasteiger partial charge in [-0.25, -0.2) is 9.97 Å². The van der Waals surface area contributed by atoms with Gasteiger partial charge in [0.25, 0.3) is 0 Å².